The fourth-order valence-electron chi connectivity index (χ4n) is 4.43. The van der Waals surface area contributed by atoms with Crippen LogP contribution in [0.25, 0.3) is 0 Å². The zero-order valence-electron chi connectivity index (χ0n) is 18.6. The molecule has 1 heterocycles. The molecule has 3 rings (SSSR count). The maximum absolute atomic E-state index is 13.4. The molecule has 8 nitrogen and oxygen atoms in total. The first-order chi connectivity index (χ1) is 15.5. The summed E-state index contributed by atoms with van der Waals surface area (Å²) in [7, 11) is 0. The number of nitrogens with zero attached hydrogens (tertiary/aromatic N) is 2. The maximum Gasteiger partial charge on any atom is 0.319 e. The molecule has 172 valence electrons. The summed E-state index contributed by atoms with van der Waals surface area (Å²) in [5.74, 6) is -0.497. The first-order valence-electron chi connectivity index (χ1n) is 11.5. The predicted octanol–water partition coefficient (Wildman–Crippen LogP) is 1.88. The normalized spacial score (nSPS) is 19.4. The molecule has 1 aromatic rings. The quantitative estimate of drug-likeness (QED) is 0.567. The highest BCUT2D eigenvalue weighted by atomic mass is 16.5. The summed E-state index contributed by atoms with van der Waals surface area (Å²) in [6.07, 6.45) is 5.82. The van der Waals surface area contributed by atoms with E-state index in [0.717, 1.165) is 31.2 Å². The van der Waals surface area contributed by atoms with E-state index in [2.05, 4.69) is 16.7 Å². The van der Waals surface area contributed by atoms with Crippen molar-refractivity contribution < 1.29 is 19.1 Å². The van der Waals surface area contributed by atoms with Crippen LogP contribution in [-0.4, -0.2) is 54.5 Å². The van der Waals surface area contributed by atoms with E-state index in [1.807, 2.05) is 0 Å². The molecule has 1 saturated carbocycles. The van der Waals surface area contributed by atoms with Gasteiger partial charge in [0.2, 0.25) is 11.8 Å². The van der Waals surface area contributed by atoms with E-state index in [1.165, 1.54) is 6.42 Å². The number of nitriles is 1. The van der Waals surface area contributed by atoms with Crippen LogP contribution in [0, 0.1) is 17.2 Å². The van der Waals surface area contributed by atoms with Crippen molar-refractivity contribution in [3.63, 3.8) is 0 Å². The fourth-order valence-corrected chi connectivity index (χ4v) is 4.43. The number of carbonyl (C=O) groups is 3. The molecular formula is C24H32N4O4. The summed E-state index contributed by atoms with van der Waals surface area (Å²) in [4.78, 5) is 39.6. The fraction of sp³-hybridized carbons (Fsp3) is 0.583. The largest absolute Gasteiger partial charge is 0.465 e. The number of hydrogen-bond acceptors (Lipinski definition) is 6. The zero-order valence-corrected chi connectivity index (χ0v) is 18.6. The smallest absolute Gasteiger partial charge is 0.319 e. The summed E-state index contributed by atoms with van der Waals surface area (Å²) in [6.45, 7) is 2.93. The number of hydrogen-bond donors (Lipinski definition) is 2. The van der Waals surface area contributed by atoms with Gasteiger partial charge in [-0.1, -0.05) is 31.4 Å². The van der Waals surface area contributed by atoms with Crippen molar-refractivity contribution in [3.05, 3.63) is 35.4 Å². The molecule has 1 aliphatic carbocycles. The van der Waals surface area contributed by atoms with Crippen molar-refractivity contribution in [1.29, 1.82) is 5.26 Å². The van der Waals surface area contributed by atoms with Crippen LogP contribution >= 0.6 is 0 Å². The second-order valence-corrected chi connectivity index (χ2v) is 8.42. The van der Waals surface area contributed by atoms with Crippen LogP contribution in [0.15, 0.2) is 24.3 Å². The molecule has 1 aliphatic heterocycles. The second kappa shape index (κ2) is 11.6. The van der Waals surface area contributed by atoms with Gasteiger partial charge < -0.3 is 15.0 Å². The summed E-state index contributed by atoms with van der Waals surface area (Å²) in [5, 5.41) is 14.9. The Morgan fingerprint density at radius 2 is 1.88 bits per heavy atom. The maximum atomic E-state index is 13.4. The summed E-state index contributed by atoms with van der Waals surface area (Å²) >= 11 is 0. The molecule has 1 saturated heterocycles. The van der Waals surface area contributed by atoms with Crippen molar-refractivity contribution in [1.82, 2.24) is 15.5 Å². The average Bonchev–Trinajstić information content (AvgIpc) is 2.78. The Bertz CT molecular complexity index is 843. The first-order valence-corrected chi connectivity index (χ1v) is 11.5. The van der Waals surface area contributed by atoms with Crippen LogP contribution in [-0.2, 0) is 25.7 Å². The van der Waals surface area contributed by atoms with Crippen LogP contribution in [0.5, 0.6) is 0 Å². The Morgan fingerprint density at radius 3 is 2.47 bits per heavy atom. The monoisotopic (exact) mass is 440 g/mol. The van der Waals surface area contributed by atoms with Gasteiger partial charge in [0, 0.05) is 13.1 Å². The Kier molecular flexibility index (Phi) is 8.63. The third-order valence-electron chi connectivity index (χ3n) is 6.31. The topological polar surface area (TPSA) is 112 Å². The molecule has 0 aromatic heterocycles. The third-order valence-corrected chi connectivity index (χ3v) is 6.31. The number of ether oxygens (including phenoxy) is 1. The molecule has 2 N–H and O–H groups in total. The van der Waals surface area contributed by atoms with Crippen LogP contribution in [0.4, 0.5) is 0 Å². The van der Waals surface area contributed by atoms with E-state index in [4.69, 9.17) is 10.00 Å². The Hall–Kier alpha value is -2.92. The van der Waals surface area contributed by atoms with Crippen molar-refractivity contribution in [3.8, 4) is 6.07 Å². The molecule has 0 bridgehead atoms. The van der Waals surface area contributed by atoms with Crippen LogP contribution in [0.3, 0.4) is 0 Å². The van der Waals surface area contributed by atoms with Gasteiger partial charge in [-0.25, -0.2) is 0 Å². The minimum Gasteiger partial charge on any atom is -0.465 e. The van der Waals surface area contributed by atoms with E-state index >= 15 is 0 Å². The lowest BCUT2D eigenvalue weighted by Crippen LogP contribution is -2.63. The Balaban J connectivity index is 1.58. The number of benzene rings is 1. The second-order valence-electron chi connectivity index (χ2n) is 8.42. The van der Waals surface area contributed by atoms with Crippen molar-refractivity contribution >= 4 is 17.8 Å². The summed E-state index contributed by atoms with van der Waals surface area (Å²) < 4.78 is 5.00. The number of esters is 1. The lowest BCUT2D eigenvalue weighted by Gasteiger charge is -2.43. The SMILES string of the molecule is CCOC(=O)CN[C@@H](C(=O)N1CC[C@H]1C(=O)NCc1ccc(C#N)cc1)C1CCCCC1. The van der Waals surface area contributed by atoms with Crippen LogP contribution < -0.4 is 10.6 Å². The van der Waals surface area contributed by atoms with Gasteiger partial charge in [-0.05, 0) is 49.8 Å². The molecule has 2 aliphatic rings. The van der Waals surface area contributed by atoms with Gasteiger partial charge in [0.05, 0.1) is 30.8 Å². The Labute approximate surface area is 189 Å². The van der Waals surface area contributed by atoms with Crippen molar-refractivity contribution in [2.75, 3.05) is 19.7 Å². The molecule has 0 radical (unpaired) electrons. The van der Waals surface area contributed by atoms with Gasteiger partial charge >= 0.3 is 5.97 Å². The van der Waals surface area contributed by atoms with Gasteiger partial charge in [-0.3, -0.25) is 19.7 Å². The molecule has 2 amide bonds. The van der Waals surface area contributed by atoms with E-state index in [9.17, 15) is 14.4 Å². The number of likely N-dealkylation sites (tertiary alicyclic amines) is 1. The standard InChI is InChI=1S/C24H32N4O4/c1-2-32-21(29)16-26-22(19-6-4-3-5-7-19)24(31)28-13-12-20(28)23(30)27-15-18-10-8-17(14-25)9-11-18/h8-11,19-20,22,26H,2-7,12-13,15-16H2,1H3,(H,27,30)/t20-,22+/m0/s1. The number of amides is 2. The molecule has 0 unspecified atom stereocenters. The summed E-state index contributed by atoms with van der Waals surface area (Å²) in [5.41, 5.74) is 1.46. The van der Waals surface area contributed by atoms with Gasteiger partial charge in [-0.2, -0.15) is 5.26 Å². The molecule has 1 aromatic carbocycles. The number of rotatable bonds is 9. The highest BCUT2D eigenvalue weighted by Crippen LogP contribution is 2.29. The first kappa shape index (κ1) is 23.7. The van der Waals surface area contributed by atoms with E-state index in [0.29, 0.717) is 31.7 Å². The third kappa shape index (κ3) is 6.07. The van der Waals surface area contributed by atoms with Gasteiger partial charge in [-0.15, -0.1) is 0 Å². The van der Waals surface area contributed by atoms with Crippen molar-refractivity contribution in [2.24, 2.45) is 5.92 Å². The lowest BCUT2D eigenvalue weighted by atomic mass is 9.82. The summed E-state index contributed by atoms with van der Waals surface area (Å²) in [6, 6.07) is 8.14. The van der Waals surface area contributed by atoms with E-state index < -0.39 is 12.1 Å². The van der Waals surface area contributed by atoms with Crippen LogP contribution in [0.1, 0.15) is 56.6 Å². The lowest BCUT2D eigenvalue weighted by molar-refractivity contribution is -0.151. The van der Waals surface area contributed by atoms with E-state index in [1.54, 1.807) is 36.1 Å². The van der Waals surface area contributed by atoms with Crippen molar-refractivity contribution in [2.45, 2.75) is 64.1 Å². The molecule has 8 heteroatoms. The Morgan fingerprint density at radius 1 is 1.16 bits per heavy atom. The molecular weight excluding hydrogens is 408 g/mol. The molecule has 2 fully saturated rings. The zero-order chi connectivity index (χ0) is 22.9. The van der Waals surface area contributed by atoms with Gasteiger partial charge in [0.15, 0.2) is 0 Å². The number of nitrogens with one attached hydrogen (secondary N) is 2. The average molecular weight is 441 g/mol. The number of carbonyl (C=O) groups excluding carboxylic acids is 3. The molecule has 2 atom stereocenters. The molecule has 32 heavy (non-hydrogen) atoms. The van der Waals surface area contributed by atoms with Crippen LogP contribution in [0.2, 0.25) is 0 Å². The highest BCUT2D eigenvalue weighted by Gasteiger charge is 2.42. The van der Waals surface area contributed by atoms with E-state index in [-0.39, 0.29) is 30.2 Å². The minimum absolute atomic E-state index is 0.00978. The predicted molar refractivity (Wildman–Crippen MR) is 118 cm³/mol. The molecule has 0 spiro atoms. The highest BCUT2D eigenvalue weighted by molar-refractivity contribution is 5.91. The minimum atomic E-state index is -0.489. The van der Waals surface area contributed by atoms with Gasteiger partial charge in [0.25, 0.3) is 0 Å². The van der Waals surface area contributed by atoms with Gasteiger partial charge in [0.1, 0.15) is 6.04 Å².